The molecule has 0 rings (SSSR count). The number of hydrogen-bond donors (Lipinski definition) is 0. The fourth-order valence-electron chi connectivity index (χ4n) is 2.30. The van der Waals surface area contributed by atoms with Crippen molar-refractivity contribution < 1.29 is 4.79 Å². The van der Waals surface area contributed by atoms with Crippen LogP contribution in [0.2, 0.25) is 0 Å². The van der Waals surface area contributed by atoms with Gasteiger partial charge in [-0.15, -0.1) is 0 Å². The van der Waals surface area contributed by atoms with E-state index in [4.69, 9.17) is 0 Å². The number of hydrogen-bond acceptors (Lipinski definition) is 1. The summed E-state index contributed by atoms with van der Waals surface area (Å²) in [6.45, 7) is 9.29. The summed E-state index contributed by atoms with van der Waals surface area (Å²) in [6, 6.07) is 0. The van der Waals surface area contributed by atoms with Crippen LogP contribution >= 0.6 is 0 Å². The molecule has 1 nitrogen and oxygen atoms in total. The molecule has 3 atom stereocenters. The zero-order chi connectivity index (χ0) is 11.7. The summed E-state index contributed by atoms with van der Waals surface area (Å²) in [5.41, 5.74) is 0. The van der Waals surface area contributed by atoms with Gasteiger partial charge in [-0.2, -0.15) is 0 Å². The molecule has 0 aliphatic rings. The van der Waals surface area contributed by atoms with E-state index in [1.807, 2.05) is 0 Å². The Morgan fingerprint density at radius 3 is 2.13 bits per heavy atom. The number of carbonyl (C=O) groups excluding carboxylic acids is 1. The largest absolute Gasteiger partial charge is 0.303 e. The van der Waals surface area contributed by atoms with E-state index in [-0.39, 0.29) is 0 Å². The Morgan fingerprint density at radius 2 is 1.60 bits per heavy atom. The minimum Gasteiger partial charge on any atom is -0.303 e. The first-order valence-corrected chi connectivity index (χ1v) is 6.53. The fourth-order valence-corrected chi connectivity index (χ4v) is 2.30. The molecular weight excluding hydrogens is 184 g/mol. The van der Waals surface area contributed by atoms with Crippen molar-refractivity contribution in [3.8, 4) is 0 Å². The van der Waals surface area contributed by atoms with Crippen LogP contribution in [0.15, 0.2) is 0 Å². The second-order valence-corrected chi connectivity index (χ2v) is 5.29. The molecule has 0 saturated carbocycles. The van der Waals surface area contributed by atoms with Gasteiger partial charge in [-0.3, -0.25) is 0 Å². The lowest BCUT2D eigenvalue weighted by atomic mass is 9.87. The zero-order valence-corrected chi connectivity index (χ0v) is 11.0. The van der Waals surface area contributed by atoms with Crippen molar-refractivity contribution in [3.05, 3.63) is 0 Å². The molecule has 90 valence electrons. The highest BCUT2D eigenvalue weighted by molar-refractivity contribution is 5.48. The third kappa shape index (κ3) is 8.65. The summed E-state index contributed by atoms with van der Waals surface area (Å²) in [4.78, 5) is 10.2. The van der Waals surface area contributed by atoms with Crippen LogP contribution in [0, 0.1) is 17.8 Å². The Labute approximate surface area is 95.6 Å². The van der Waals surface area contributed by atoms with Crippen LogP contribution in [-0.2, 0) is 4.79 Å². The molecule has 0 aliphatic heterocycles. The standard InChI is InChI=1S/C14H28O/c1-5-12(2)10-14(4)11-13(3)8-6-7-9-15/h9,12-14H,5-8,10-11H2,1-4H3. The molecule has 0 spiro atoms. The number of carbonyl (C=O) groups is 1. The first-order chi connectivity index (χ1) is 7.10. The van der Waals surface area contributed by atoms with Crippen LogP contribution < -0.4 is 0 Å². The Kier molecular flexibility index (Phi) is 8.74. The van der Waals surface area contributed by atoms with Crippen LogP contribution in [0.4, 0.5) is 0 Å². The van der Waals surface area contributed by atoms with Crippen molar-refractivity contribution >= 4 is 6.29 Å². The van der Waals surface area contributed by atoms with Crippen molar-refractivity contribution in [3.63, 3.8) is 0 Å². The minimum absolute atomic E-state index is 0.740. The predicted octanol–water partition coefficient (Wildman–Crippen LogP) is 4.45. The van der Waals surface area contributed by atoms with Gasteiger partial charge >= 0.3 is 0 Å². The molecule has 3 unspecified atom stereocenters. The average molecular weight is 212 g/mol. The minimum atomic E-state index is 0.740. The highest BCUT2D eigenvalue weighted by Crippen LogP contribution is 2.23. The van der Waals surface area contributed by atoms with Gasteiger partial charge in [0.05, 0.1) is 0 Å². The summed E-state index contributed by atoms with van der Waals surface area (Å²) >= 11 is 0. The molecule has 0 amide bonds. The van der Waals surface area contributed by atoms with Crippen LogP contribution in [0.5, 0.6) is 0 Å². The van der Waals surface area contributed by atoms with Crippen LogP contribution in [-0.4, -0.2) is 6.29 Å². The smallest absolute Gasteiger partial charge is 0.119 e. The topological polar surface area (TPSA) is 17.1 Å². The molecule has 0 aromatic carbocycles. The quantitative estimate of drug-likeness (QED) is 0.407. The van der Waals surface area contributed by atoms with Gasteiger partial charge in [-0.1, -0.05) is 40.5 Å². The molecule has 0 N–H and O–H groups in total. The normalized spacial score (nSPS) is 17.1. The highest BCUT2D eigenvalue weighted by atomic mass is 16.1. The molecule has 0 fully saturated rings. The van der Waals surface area contributed by atoms with Crippen molar-refractivity contribution in [2.24, 2.45) is 17.8 Å². The van der Waals surface area contributed by atoms with Crippen molar-refractivity contribution in [1.82, 2.24) is 0 Å². The Hall–Kier alpha value is -0.330. The summed E-state index contributed by atoms with van der Waals surface area (Å²) < 4.78 is 0. The second kappa shape index (κ2) is 8.94. The Bertz CT molecular complexity index is 153. The predicted molar refractivity (Wildman–Crippen MR) is 66.9 cm³/mol. The lowest BCUT2D eigenvalue weighted by Gasteiger charge is -2.19. The molecule has 1 heteroatoms. The SMILES string of the molecule is CCC(C)CC(C)CC(C)CCCC=O. The molecule has 0 aliphatic carbocycles. The highest BCUT2D eigenvalue weighted by Gasteiger charge is 2.11. The fraction of sp³-hybridized carbons (Fsp3) is 0.929. The summed E-state index contributed by atoms with van der Waals surface area (Å²) in [6.07, 6.45) is 8.03. The number of unbranched alkanes of at least 4 members (excludes halogenated alkanes) is 1. The number of aldehydes is 1. The van der Waals surface area contributed by atoms with Crippen LogP contribution in [0.1, 0.15) is 66.2 Å². The van der Waals surface area contributed by atoms with E-state index >= 15 is 0 Å². The third-order valence-corrected chi connectivity index (χ3v) is 3.33. The lowest BCUT2D eigenvalue weighted by Crippen LogP contribution is -2.07. The zero-order valence-electron chi connectivity index (χ0n) is 11.0. The molecule has 15 heavy (non-hydrogen) atoms. The van der Waals surface area contributed by atoms with Gasteiger partial charge in [0.2, 0.25) is 0 Å². The summed E-state index contributed by atoms with van der Waals surface area (Å²) in [5, 5.41) is 0. The monoisotopic (exact) mass is 212 g/mol. The van der Waals surface area contributed by atoms with E-state index in [1.54, 1.807) is 0 Å². The van der Waals surface area contributed by atoms with E-state index in [9.17, 15) is 4.79 Å². The first kappa shape index (κ1) is 14.7. The molecule has 0 radical (unpaired) electrons. The van der Waals surface area contributed by atoms with Crippen LogP contribution in [0.3, 0.4) is 0 Å². The van der Waals surface area contributed by atoms with E-state index < -0.39 is 0 Å². The molecule has 0 heterocycles. The van der Waals surface area contributed by atoms with E-state index in [2.05, 4.69) is 27.7 Å². The molecule has 0 bridgehead atoms. The molecular formula is C14H28O. The van der Waals surface area contributed by atoms with E-state index in [0.717, 1.165) is 36.9 Å². The van der Waals surface area contributed by atoms with Gasteiger partial charge in [0.1, 0.15) is 6.29 Å². The molecule has 0 aromatic rings. The Morgan fingerprint density at radius 1 is 1.00 bits per heavy atom. The van der Waals surface area contributed by atoms with Gasteiger partial charge in [-0.25, -0.2) is 0 Å². The lowest BCUT2D eigenvalue weighted by molar-refractivity contribution is -0.107. The van der Waals surface area contributed by atoms with Gasteiger partial charge in [0.25, 0.3) is 0 Å². The van der Waals surface area contributed by atoms with Crippen molar-refractivity contribution in [2.45, 2.75) is 66.2 Å². The van der Waals surface area contributed by atoms with E-state index in [0.29, 0.717) is 0 Å². The maximum atomic E-state index is 10.2. The van der Waals surface area contributed by atoms with Gasteiger partial charge < -0.3 is 4.79 Å². The van der Waals surface area contributed by atoms with Gasteiger partial charge in [0.15, 0.2) is 0 Å². The third-order valence-electron chi connectivity index (χ3n) is 3.33. The summed E-state index contributed by atoms with van der Waals surface area (Å²) in [5.74, 6) is 2.48. The van der Waals surface area contributed by atoms with Crippen molar-refractivity contribution in [2.75, 3.05) is 0 Å². The molecule has 0 saturated heterocycles. The summed E-state index contributed by atoms with van der Waals surface area (Å²) in [7, 11) is 0. The van der Waals surface area contributed by atoms with Gasteiger partial charge in [0, 0.05) is 6.42 Å². The first-order valence-electron chi connectivity index (χ1n) is 6.53. The molecule has 0 aromatic heterocycles. The van der Waals surface area contributed by atoms with Crippen molar-refractivity contribution in [1.29, 1.82) is 0 Å². The van der Waals surface area contributed by atoms with Crippen LogP contribution in [0.25, 0.3) is 0 Å². The maximum Gasteiger partial charge on any atom is 0.119 e. The Balaban J connectivity index is 3.56. The second-order valence-electron chi connectivity index (χ2n) is 5.29. The average Bonchev–Trinajstić information content (AvgIpc) is 2.17. The maximum absolute atomic E-state index is 10.2. The van der Waals surface area contributed by atoms with Gasteiger partial charge in [-0.05, 0) is 37.0 Å². The van der Waals surface area contributed by atoms with E-state index in [1.165, 1.54) is 25.7 Å². The number of rotatable bonds is 9.